The quantitative estimate of drug-likeness (QED) is 0.0276. The van der Waals surface area contributed by atoms with Gasteiger partial charge >= 0.3 is 13.8 Å². The molecule has 0 saturated carbocycles. The van der Waals surface area contributed by atoms with Crippen molar-refractivity contribution in [3.05, 3.63) is 36.5 Å². The van der Waals surface area contributed by atoms with Gasteiger partial charge in [0, 0.05) is 19.6 Å². The Hall–Kier alpha value is -1.28. The van der Waals surface area contributed by atoms with Gasteiger partial charge in [-0.25, -0.2) is 4.57 Å². The van der Waals surface area contributed by atoms with Gasteiger partial charge in [0.2, 0.25) is 0 Å². The maximum Gasteiger partial charge on any atom is 0.472 e. The fourth-order valence-electron chi connectivity index (χ4n) is 5.71. The van der Waals surface area contributed by atoms with Gasteiger partial charge in [0.15, 0.2) is 0 Å². The molecule has 2 atom stereocenters. The van der Waals surface area contributed by atoms with Gasteiger partial charge in [-0.2, -0.15) is 0 Å². The van der Waals surface area contributed by atoms with Crippen LogP contribution in [0.3, 0.4) is 0 Å². The van der Waals surface area contributed by atoms with Crippen molar-refractivity contribution in [2.45, 2.75) is 193 Å². The number of hydrogen-bond donors (Lipinski definition) is 2. The number of carbonyl (C=O) groups is 1. The number of esters is 1. The molecule has 51 heavy (non-hydrogen) atoms. The summed E-state index contributed by atoms with van der Waals surface area (Å²) in [6, 6.07) is 0. The summed E-state index contributed by atoms with van der Waals surface area (Å²) < 4.78 is 33.2. The Balaban J connectivity index is 3.81. The molecule has 2 unspecified atom stereocenters. The first-order valence-electron chi connectivity index (χ1n) is 21.0. The predicted molar refractivity (Wildman–Crippen MR) is 215 cm³/mol. The fraction of sp³-hybridized carbons (Fsp3) is 0.833. The zero-order chi connectivity index (χ0) is 37.4. The number of carbonyl (C=O) groups excluding carboxylic acids is 1. The maximum atomic E-state index is 12.4. The van der Waals surface area contributed by atoms with Crippen molar-refractivity contribution in [3.8, 4) is 0 Å². The molecule has 0 aliphatic carbocycles. The van der Waals surface area contributed by atoms with Crippen LogP contribution >= 0.6 is 7.82 Å². The van der Waals surface area contributed by atoms with Crippen molar-refractivity contribution >= 4 is 13.8 Å². The zero-order valence-corrected chi connectivity index (χ0v) is 34.0. The molecule has 0 aliphatic rings. The normalized spacial score (nSPS) is 13.9. The van der Waals surface area contributed by atoms with Crippen molar-refractivity contribution in [1.82, 2.24) is 0 Å². The summed E-state index contributed by atoms with van der Waals surface area (Å²) in [5, 5.41) is 0. The van der Waals surface area contributed by atoms with Gasteiger partial charge < -0.3 is 20.1 Å². The van der Waals surface area contributed by atoms with Gasteiger partial charge in [0.05, 0.1) is 19.8 Å². The minimum Gasteiger partial charge on any atom is -0.457 e. The minimum absolute atomic E-state index is 0.0956. The Labute approximate surface area is 314 Å². The van der Waals surface area contributed by atoms with E-state index in [9.17, 15) is 14.3 Å². The Morgan fingerprint density at radius 3 is 1.55 bits per heavy atom. The molecule has 3 N–H and O–H groups in total. The molecular weight excluding hydrogens is 661 g/mol. The summed E-state index contributed by atoms with van der Waals surface area (Å²) in [6.07, 6.45) is 44.9. The third-order valence-electron chi connectivity index (χ3n) is 8.81. The fourth-order valence-corrected chi connectivity index (χ4v) is 6.47. The lowest BCUT2D eigenvalue weighted by atomic mass is 10.1. The summed E-state index contributed by atoms with van der Waals surface area (Å²) >= 11 is 0. The second-order valence-electron chi connectivity index (χ2n) is 13.9. The molecule has 8 nitrogen and oxygen atoms in total. The molecule has 0 aromatic carbocycles. The van der Waals surface area contributed by atoms with Crippen LogP contribution in [0.5, 0.6) is 0 Å². The number of phosphoric ester groups is 1. The molecule has 0 radical (unpaired) electrons. The second-order valence-corrected chi connectivity index (χ2v) is 15.3. The van der Waals surface area contributed by atoms with Crippen LogP contribution in [-0.4, -0.2) is 49.9 Å². The van der Waals surface area contributed by atoms with Gasteiger partial charge in [-0.15, -0.1) is 0 Å². The molecular formula is C42H80NO7P. The first kappa shape index (κ1) is 49.7. The predicted octanol–water partition coefficient (Wildman–Crippen LogP) is 12.2. The van der Waals surface area contributed by atoms with Crippen LogP contribution in [0.25, 0.3) is 0 Å². The van der Waals surface area contributed by atoms with E-state index in [0.29, 0.717) is 13.0 Å². The van der Waals surface area contributed by atoms with Crippen molar-refractivity contribution in [2.75, 3.05) is 33.0 Å². The SMILES string of the molecule is CCCCCCC/C=C\C/C=C\C/C=C\CCCCCCCCCCCCCOCC(COP(=O)(O)OCCN)OC(=O)CCCCCCCC. The van der Waals surface area contributed by atoms with Crippen molar-refractivity contribution in [1.29, 1.82) is 0 Å². The molecule has 0 rings (SSSR count). The summed E-state index contributed by atoms with van der Waals surface area (Å²) in [5.74, 6) is -0.341. The summed E-state index contributed by atoms with van der Waals surface area (Å²) in [7, 11) is -4.26. The third kappa shape index (κ3) is 39.8. The summed E-state index contributed by atoms with van der Waals surface area (Å²) in [6.45, 7) is 4.84. The Morgan fingerprint density at radius 1 is 0.588 bits per heavy atom. The first-order chi connectivity index (χ1) is 24.9. The van der Waals surface area contributed by atoms with Crippen molar-refractivity contribution in [2.24, 2.45) is 5.73 Å². The average molecular weight is 742 g/mol. The largest absolute Gasteiger partial charge is 0.472 e. The lowest BCUT2D eigenvalue weighted by Crippen LogP contribution is -2.28. The van der Waals surface area contributed by atoms with Crippen molar-refractivity contribution in [3.63, 3.8) is 0 Å². The average Bonchev–Trinajstić information content (AvgIpc) is 3.12. The summed E-state index contributed by atoms with van der Waals surface area (Å²) in [5.41, 5.74) is 5.34. The van der Waals surface area contributed by atoms with Gasteiger partial charge in [-0.3, -0.25) is 13.8 Å². The highest BCUT2D eigenvalue weighted by atomic mass is 31.2. The molecule has 0 bridgehead atoms. The Kier molecular flexibility index (Phi) is 38.9. The van der Waals surface area contributed by atoms with E-state index in [2.05, 4.69) is 50.3 Å². The second kappa shape index (κ2) is 39.9. The maximum absolute atomic E-state index is 12.4. The molecule has 0 heterocycles. The molecule has 0 fully saturated rings. The number of ether oxygens (including phenoxy) is 2. The van der Waals surface area contributed by atoms with Crippen LogP contribution in [0.4, 0.5) is 0 Å². The third-order valence-corrected chi connectivity index (χ3v) is 9.79. The van der Waals surface area contributed by atoms with Gasteiger partial charge in [-0.1, -0.05) is 166 Å². The lowest BCUT2D eigenvalue weighted by Gasteiger charge is -2.20. The highest BCUT2D eigenvalue weighted by Gasteiger charge is 2.25. The zero-order valence-electron chi connectivity index (χ0n) is 33.1. The van der Waals surface area contributed by atoms with E-state index >= 15 is 0 Å². The lowest BCUT2D eigenvalue weighted by molar-refractivity contribution is -0.154. The molecule has 300 valence electrons. The van der Waals surface area contributed by atoms with E-state index in [4.69, 9.17) is 24.3 Å². The topological polar surface area (TPSA) is 117 Å². The first-order valence-corrected chi connectivity index (χ1v) is 22.5. The number of hydrogen-bond acceptors (Lipinski definition) is 7. The van der Waals surface area contributed by atoms with E-state index in [1.54, 1.807) is 0 Å². The summed E-state index contributed by atoms with van der Waals surface area (Å²) in [4.78, 5) is 22.2. The number of allylic oxidation sites excluding steroid dienone is 6. The smallest absolute Gasteiger partial charge is 0.457 e. The van der Waals surface area contributed by atoms with E-state index in [1.807, 2.05) is 0 Å². The molecule has 0 aromatic rings. The van der Waals surface area contributed by atoms with E-state index in [-0.39, 0.29) is 32.3 Å². The number of rotatable bonds is 40. The highest BCUT2D eigenvalue weighted by molar-refractivity contribution is 7.47. The van der Waals surface area contributed by atoms with Crippen LogP contribution in [0.15, 0.2) is 36.5 Å². The minimum atomic E-state index is -4.26. The monoisotopic (exact) mass is 742 g/mol. The van der Waals surface area contributed by atoms with Crippen LogP contribution in [0.2, 0.25) is 0 Å². The number of phosphoric acid groups is 1. The van der Waals surface area contributed by atoms with Crippen LogP contribution < -0.4 is 5.73 Å². The Morgan fingerprint density at radius 2 is 1.04 bits per heavy atom. The molecule has 0 saturated heterocycles. The molecule has 9 heteroatoms. The molecule has 0 aromatic heterocycles. The molecule has 0 spiro atoms. The molecule has 0 amide bonds. The van der Waals surface area contributed by atoms with Crippen LogP contribution in [-0.2, 0) is 27.9 Å². The standard InChI is InChI=1S/C42H80NO7P/c1-3-5-7-9-11-12-13-14-15-16-17-18-19-20-21-22-23-24-25-26-27-28-29-30-32-34-37-47-39-41(40-49-51(45,46)48-38-36-43)50-42(44)35-33-31-10-8-6-4-2/h13-14,16-17,19-20,41H,3-12,15,18,21-40,43H2,1-2H3,(H,45,46)/b14-13-,17-16-,20-19-. The highest BCUT2D eigenvalue weighted by Crippen LogP contribution is 2.43. The van der Waals surface area contributed by atoms with Crippen molar-refractivity contribution < 1.29 is 32.8 Å². The van der Waals surface area contributed by atoms with Gasteiger partial charge in [0.25, 0.3) is 0 Å². The van der Waals surface area contributed by atoms with E-state index in [0.717, 1.165) is 44.9 Å². The van der Waals surface area contributed by atoms with Gasteiger partial charge in [0.1, 0.15) is 6.10 Å². The van der Waals surface area contributed by atoms with Gasteiger partial charge in [-0.05, 0) is 51.4 Å². The Bertz CT molecular complexity index is 879. The van der Waals surface area contributed by atoms with Crippen LogP contribution in [0.1, 0.15) is 187 Å². The molecule has 0 aliphatic heterocycles. The van der Waals surface area contributed by atoms with E-state index < -0.39 is 13.9 Å². The van der Waals surface area contributed by atoms with E-state index in [1.165, 1.54) is 122 Å². The number of unbranched alkanes of at least 4 members (excludes halogenated alkanes) is 21. The number of nitrogens with two attached hydrogens (primary N) is 1. The van der Waals surface area contributed by atoms with Crippen LogP contribution in [0, 0.1) is 0 Å².